The maximum atomic E-state index is 12.3. The zero-order chi connectivity index (χ0) is 15.0. The van der Waals surface area contributed by atoms with E-state index in [0.717, 1.165) is 27.8 Å². The second kappa shape index (κ2) is 5.52. The maximum absolute atomic E-state index is 12.3. The van der Waals surface area contributed by atoms with Crippen molar-refractivity contribution in [3.63, 3.8) is 0 Å². The van der Waals surface area contributed by atoms with Gasteiger partial charge in [-0.05, 0) is 71.8 Å². The highest BCUT2D eigenvalue weighted by Crippen LogP contribution is 2.24. The molecule has 1 heterocycles. The minimum Gasteiger partial charge on any atom is -0.451 e. The number of rotatable bonds is 2. The molecule has 0 aliphatic carbocycles. The van der Waals surface area contributed by atoms with Crippen LogP contribution in [0.2, 0.25) is 0 Å². The lowest BCUT2D eigenvalue weighted by Gasteiger charge is -2.09. The molecule has 21 heavy (non-hydrogen) atoms. The van der Waals surface area contributed by atoms with Gasteiger partial charge in [0.05, 0.1) is 0 Å². The van der Waals surface area contributed by atoms with Gasteiger partial charge in [0.2, 0.25) is 0 Å². The molecular weight excluding hydrogens is 377 g/mol. The number of halogens is 1. The van der Waals surface area contributed by atoms with Crippen molar-refractivity contribution in [1.82, 2.24) is 0 Å². The van der Waals surface area contributed by atoms with E-state index in [1.54, 1.807) is 6.07 Å². The van der Waals surface area contributed by atoms with E-state index in [-0.39, 0.29) is 5.91 Å². The Morgan fingerprint density at radius 1 is 1.10 bits per heavy atom. The first-order valence-corrected chi connectivity index (χ1v) is 7.69. The van der Waals surface area contributed by atoms with Gasteiger partial charge < -0.3 is 9.73 Å². The molecule has 0 fully saturated rings. The fraction of sp³-hybridized carbons (Fsp3) is 0.118. The number of carbonyl (C=O) groups is 1. The minimum atomic E-state index is -0.227. The zero-order valence-corrected chi connectivity index (χ0v) is 13.9. The van der Waals surface area contributed by atoms with Crippen molar-refractivity contribution in [2.24, 2.45) is 0 Å². The van der Waals surface area contributed by atoms with Crippen molar-refractivity contribution in [2.75, 3.05) is 5.32 Å². The third-order valence-electron chi connectivity index (χ3n) is 3.40. The Morgan fingerprint density at radius 3 is 2.62 bits per heavy atom. The zero-order valence-electron chi connectivity index (χ0n) is 11.7. The number of para-hydroxylation sites is 1. The number of nitrogens with one attached hydrogen (secondary N) is 1. The van der Waals surface area contributed by atoms with Crippen LogP contribution in [0.25, 0.3) is 11.0 Å². The molecule has 0 atom stereocenters. The van der Waals surface area contributed by atoms with E-state index in [1.165, 1.54) is 3.57 Å². The SMILES string of the molecule is Cc1cc(NC(=O)c2cc3ccccc3o2)c(C)cc1I. The van der Waals surface area contributed by atoms with Crippen molar-refractivity contribution in [1.29, 1.82) is 0 Å². The predicted octanol–water partition coefficient (Wildman–Crippen LogP) is 4.91. The van der Waals surface area contributed by atoms with Crippen molar-refractivity contribution in [3.8, 4) is 0 Å². The highest BCUT2D eigenvalue weighted by molar-refractivity contribution is 14.1. The highest BCUT2D eigenvalue weighted by Gasteiger charge is 2.13. The van der Waals surface area contributed by atoms with E-state index < -0.39 is 0 Å². The van der Waals surface area contributed by atoms with Crippen molar-refractivity contribution < 1.29 is 9.21 Å². The van der Waals surface area contributed by atoms with Gasteiger partial charge >= 0.3 is 0 Å². The van der Waals surface area contributed by atoms with Gasteiger partial charge in [0.1, 0.15) is 5.58 Å². The highest BCUT2D eigenvalue weighted by atomic mass is 127. The molecule has 106 valence electrons. The lowest BCUT2D eigenvalue weighted by atomic mass is 10.1. The quantitative estimate of drug-likeness (QED) is 0.631. The molecule has 1 N–H and O–H groups in total. The number of carbonyl (C=O) groups excluding carboxylic acids is 1. The number of benzene rings is 2. The molecule has 2 aromatic carbocycles. The van der Waals surface area contributed by atoms with Gasteiger partial charge in [-0.25, -0.2) is 0 Å². The van der Waals surface area contributed by atoms with E-state index in [0.29, 0.717) is 5.76 Å². The topological polar surface area (TPSA) is 42.2 Å². The van der Waals surface area contributed by atoms with Gasteiger partial charge in [0.15, 0.2) is 5.76 Å². The van der Waals surface area contributed by atoms with E-state index in [4.69, 9.17) is 4.42 Å². The van der Waals surface area contributed by atoms with Gasteiger partial charge in [-0.15, -0.1) is 0 Å². The summed E-state index contributed by atoms with van der Waals surface area (Å²) in [5, 5.41) is 3.85. The molecule has 0 unspecified atom stereocenters. The fourth-order valence-electron chi connectivity index (χ4n) is 2.19. The summed E-state index contributed by atoms with van der Waals surface area (Å²) < 4.78 is 6.77. The Kier molecular flexibility index (Phi) is 3.71. The number of amides is 1. The number of aryl methyl sites for hydroxylation is 2. The third-order valence-corrected chi connectivity index (χ3v) is 4.57. The van der Waals surface area contributed by atoms with Crippen LogP contribution in [0.1, 0.15) is 21.7 Å². The van der Waals surface area contributed by atoms with Crippen molar-refractivity contribution in [2.45, 2.75) is 13.8 Å². The van der Waals surface area contributed by atoms with Crippen molar-refractivity contribution >= 4 is 45.2 Å². The first-order chi connectivity index (χ1) is 10.0. The first kappa shape index (κ1) is 14.1. The van der Waals surface area contributed by atoms with E-state index in [1.807, 2.05) is 44.2 Å². The molecule has 0 saturated carbocycles. The Balaban J connectivity index is 1.91. The molecule has 3 rings (SSSR count). The molecule has 0 aliphatic rings. The number of hydrogen-bond acceptors (Lipinski definition) is 2. The summed E-state index contributed by atoms with van der Waals surface area (Å²) in [5.41, 5.74) is 3.71. The summed E-state index contributed by atoms with van der Waals surface area (Å²) in [4.78, 5) is 12.3. The minimum absolute atomic E-state index is 0.227. The predicted molar refractivity (Wildman–Crippen MR) is 92.8 cm³/mol. The molecule has 0 saturated heterocycles. The summed E-state index contributed by atoms with van der Waals surface area (Å²) in [5.74, 6) is 0.0988. The average molecular weight is 391 g/mol. The van der Waals surface area contributed by atoms with Gasteiger partial charge in [-0.1, -0.05) is 18.2 Å². The molecule has 0 spiro atoms. The standard InChI is InChI=1S/C17H14INO2/c1-10-8-14(11(2)7-13(10)18)19-17(20)16-9-12-5-3-4-6-15(12)21-16/h3-9H,1-2H3,(H,19,20). The van der Waals surface area contributed by atoms with E-state index in [2.05, 4.69) is 34.0 Å². The van der Waals surface area contributed by atoms with Crippen LogP contribution in [-0.4, -0.2) is 5.91 Å². The smallest absolute Gasteiger partial charge is 0.291 e. The summed E-state index contributed by atoms with van der Waals surface area (Å²) in [7, 11) is 0. The third kappa shape index (κ3) is 2.81. The van der Waals surface area contributed by atoms with Gasteiger partial charge in [0, 0.05) is 14.6 Å². The summed E-state index contributed by atoms with van der Waals surface area (Å²) in [6.07, 6.45) is 0. The number of hydrogen-bond donors (Lipinski definition) is 1. The molecule has 3 aromatic rings. The second-order valence-corrected chi connectivity index (χ2v) is 6.18. The Bertz CT molecular complexity index is 803. The van der Waals surface area contributed by atoms with Gasteiger partial charge in [-0.3, -0.25) is 4.79 Å². The Morgan fingerprint density at radius 2 is 1.86 bits per heavy atom. The Hall–Kier alpha value is -1.82. The van der Waals surface area contributed by atoms with Crippen LogP contribution in [0.4, 0.5) is 5.69 Å². The summed E-state index contributed by atoms with van der Waals surface area (Å²) >= 11 is 2.29. The molecule has 1 amide bonds. The van der Waals surface area contributed by atoms with Crippen LogP contribution in [0, 0.1) is 17.4 Å². The molecular formula is C17H14INO2. The van der Waals surface area contributed by atoms with Crippen LogP contribution in [0.15, 0.2) is 46.9 Å². The van der Waals surface area contributed by atoms with E-state index >= 15 is 0 Å². The summed E-state index contributed by atoms with van der Waals surface area (Å²) in [6, 6.07) is 13.4. The number of anilines is 1. The normalized spacial score (nSPS) is 10.8. The van der Waals surface area contributed by atoms with Crippen LogP contribution in [-0.2, 0) is 0 Å². The molecule has 0 aliphatic heterocycles. The Labute approximate surface area is 136 Å². The lowest BCUT2D eigenvalue weighted by molar-refractivity contribution is 0.0998. The molecule has 0 radical (unpaired) electrons. The lowest BCUT2D eigenvalue weighted by Crippen LogP contribution is -2.12. The van der Waals surface area contributed by atoms with E-state index in [9.17, 15) is 4.79 Å². The van der Waals surface area contributed by atoms with Crippen LogP contribution < -0.4 is 5.32 Å². The second-order valence-electron chi connectivity index (χ2n) is 5.02. The average Bonchev–Trinajstić information content (AvgIpc) is 2.88. The summed E-state index contributed by atoms with van der Waals surface area (Å²) in [6.45, 7) is 4.01. The molecule has 0 bridgehead atoms. The van der Waals surface area contributed by atoms with Gasteiger partial charge in [-0.2, -0.15) is 0 Å². The molecule has 1 aromatic heterocycles. The van der Waals surface area contributed by atoms with Gasteiger partial charge in [0.25, 0.3) is 5.91 Å². The number of furan rings is 1. The molecule has 3 nitrogen and oxygen atoms in total. The van der Waals surface area contributed by atoms with Crippen LogP contribution >= 0.6 is 22.6 Å². The maximum Gasteiger partial charge on any atom is 0.291 e. The number of fused-ring (bicyclic) bond motifs is 1. The van der Waals surface area contributed by atoms with Crippen LogP contribution in [0.3, 0.4) is 0 Å². The monoisotopic (exact) mass is 391 g/mol. The largest absolute Gasteiger partial charge is 0.451 e. The van der Waals surface area contributed by atoms with Crippen LogP contribution in [0.5, 0.6) is 0 Å². The molecule has 4 heteroatoms. The van der Waals surface area contributed by atoms with Crippen molar-refractivity contribution in [3.05, 3.63) is 62.9 Å². The fourth-order valence-corrected chi connectivity index (χ4v) is 2.82. The first-order valence-electron chi connectivity index (χ1n) is 6.61.